The lowest BCUT2D eigenvalue weighted by atomic mass is 10.1. The summed E-state index contributed by atoms with van der Waals surface area (Å²) >= 11 is 0. The van der Waals surface area contributed by atoms with E-state index in [1.54, 1.807) is 0 Å². The molecule has 2 N–H and O–H groups in total. The van der Waals surface area contributed by atoms with E-state index in [4.69, 9.17) is 10.5 Å². The molecule has 2 rings (SSSR count). The van der Waals surface area contributed by atoms with Crippen molar-refractivity contribution in [2.24, 2.45) is 5.73 Å². The predicted molar refractivity (Wildman–Crippen MR) is 74.8 cm³/mol. The van der Waals surface area contributed by atoms with Crippen molar-refractivity contribution in [2.75, 3.05) is 20.2 Å². The fraction of sp³-hybridized carbons (Fsp3) is 0.600. The summed E-state index contributed by atoms with van der Waals surface area (Å²) in [6.07, 6.45) is 3.64. The summed E-state index contributed by atoms with van der Waals surface area (Å²) in [7, 11) is 2.18. The third-order valence-electron chi connectivity index (χ3n) is 3.55. The molecule has 0 heterocycles. The van der Waals surface area contributed by atoms with Crippen LogP contribution in [0.2, 0.25) is 0 Å². The Morgan fingerprint density at radius 3 is 2.83 bits per heavy atom. The van der Waals surface area contributed by atoms with E-state index in [1.807, 2.05) is 6.07 Å². The van der Waals surface area contributed by atoms with Crippen molar-refractivity contribution in [1.82, 2.24) is 4.90 Å². The molecule has 1 saturated carbocycles. The molecule has 1 aromatic carbocycles. The van der Waals surface area contributed by atoms with Crippen LogP contribution in [0.4, 0.5) is 0 Å². The molecule has 0 amide bonds. The third kappa shape index (κ3) is 3.24. The molecule has 1 fully saturated rings. The molecule has 1 aliphatic carbocycles. The monoisotopic (exact) mass is 248 g/mol. The quantitative estimate of drug-likeness (QED) is 0.806. The van der Waals surface area contributed by atoms with Gasteiger partial charge in [-0.05, 0) is 44.0 Å². The van der Waals surface area contributed by atoms with Gasteiger partial charge < -0.3 is 10.5 Å². The second-order valence-corrected chi connectivity index (χ2v) is 5.07. The molecule has 18 heavy (non-hydrogen) atoms. The number of benzene rings is 1. The molecule has 1 aliphatic rings. The smallest absolute Gasteiger partial charge is 0.119 e. The first-order valence-corrected chi connectivity index (χ1v) is 6.91. The normalized spacial score (nSPS) is 16.9. The van der Waals surface area contributed by atoms with Crippen LogP contribution in [-0.2, 0) is 0 Å². The first-order chi connectivity index (χ1) is 8.76. The minimum absolute atomic E-state index is 0.308. The zero-order valence-corrected chi connectivity index (χ0v) is 11.4. The molecular formula is C15H24N2O. The van der Waals surface area contributed by atoms with E-state index in [9.17, 15) is 0 Å². The highest BCUT2D eigenvalue weighted by Gasteiger charge is 2.31. The van der Waals surface area contributed by atoms with Crippen molar-refractivity contribution in [3.63, 3.8) is 0 Å². The Hall–Kier alpha value is -1.06. The maximum atomic E-state index is 5.94. The zero-order chi connectivity index (χ0) is 13.0. The third-order valence-corrected chi connectivity index (χ3v) is 3.55. The average molecular weight is 248 g/mol. The van der Waals surface area contributed by atoms with Crippen LogP contribution >= 0.6 is 0 Å². The van der Waals surface area contributed by atoms with Gasteiger partial charge in [0, 0.05) is 18.6 Å². The molecule has 0 radical (unpaired) electrons. The van der Waals surface area contributed by atoms with E-state index < -0.39 is 0 Å². The molecule has 1 atom stereocenters. The van der Waals surface area contributed by atoms with Crippen molar-refractivity contribution in [1.29, 1.82) is 0 Å². The Bertz CT molecular complexity index is 377. The zero-order valence-electron chi connectivity index (χ0n) is 11.4. The van der Waals surface area contributed by atoms with E-state index in [2.05, 4.69) is 37.1 Å². The Labute approximate surface area is 110 Å². The second kappa shape index (κ2) is 6.21. The van der Waals surface area contributed by atoms with Crippen LogP contribution in [0.1, 0.15) is 37.8 Å². The van der Waals surface area contributed by atoms with Crippen molar-refractivity contribution >= 4 is 0 Å². The summed E-state index contributed by atoms with van der Waals surface area (Å²) in [4.78, 5) is 2.40. The number of ether oxygens (including phenoxy) is 1. The van der Waals surface area contributed by atoms with Gasteiger partial charge in [-0.25, -0.2) is 0 Å². The van der Waals surface area contributed by atoms with Crippen molar-refractivity contribution < 1.29 is 4.74 Å². The highest BCUT2D eigenvalue weighted by molar-refractivity contribution is 5.31. The fourth-order valence-electron chi connectivity index (χ4n) is 2.31. The van der Waals surface area contributed by atoms with Gasteiger partial charge in [0.15, 0.2) is 0 Å². The molecule has 0 bridgehead atoms. The number of rotatable bonds is 7. The molecule has 0 saturated heterocycles. The Kier molecular flexibility index (Phi) is 4.61. The highest BCUT2D eigenvalue weighted by Crippen LogP contribution is 2.33. The lowest BCUT2D eigenvalue weighted by Crippen LogP contribution is -2.32. The summed E-state index contributed by atoms with van der Waals surface area (Å²) in [6.45, 7) is 3.55. The first-order valence-electron chi connectivity index (χ1n) is 6.91. The molecule has 0 aromatic heterocycles. The maximum absolute atomic E-state index is 5.94. The predicted octanol–water partition coefficient (Wildman–Crippen LogP) is 2.57. The largest absolute Gasteiger partial charge is 0.494 e. The Morgan fingerprint density at radius 2 is 2.22 bits per heavy atom. The van der Waals surface area contributed by atoms with E-state index in [0.717, 1.165) is 24.8 Å². The van der Waals surface area contributed by atoms with Gasteiger partial charge in [-0.15, -0.1) is 0 Å². The number of likely N-dealkylation sites (N-methyl/N-ethyl adjacent to an activating group) is 1. The van der Waals surface area contributed by atoms with Gasteiger partial charge >= 0.3 is 0 Å². The summed E-state index contributed by atoms with van der Waals surface area (Å²) in [6, 6.07) is 9.39. The van der Waals surface area contributed by atoms with Crippen LogP contribution in [-0.4, -0.2) is 31.1 Å². The van der Waals surface area contributed by atoms with Gasteiger partial charge in [0.05, 0.1) is 6.61 Å². The summed E-state index contributed by atoms with van der Waals surface area (Å²) in [5.74, 6) is 0.956. The molecule has 3 nitrogen and oxygen atoms in total. The summed E-state index contributed by atoms with van der Waals surface area (Å²) < 4.78 is 5.69. The first kappa shape index (κ1) is 13.4. The summed E-state index contributed by atoms with van der Waals surface area (Å²) in [5.41, 5.74) is 7.20. The van der Waals surface area contributed by atoms with Crippen LogP contribution < -0.4 is 10.5 Å². The van der Waals surface area contributed by atoms with Gasteiger partial charge in [-0.1, -0.05) is 19.1 Å². The second-order valence-electron chi connectivity index (χ2n) is 5.07. The van der Waals surface area contributed by atoms with Crippen molar-refractivity contribution in [2.45, 2.75) is 38.3 Å². The molecular weight excluding hydrogens is 224 g/mol. The van der Waals surface area contributed by atoms with Crippen molar-refractivity contribution in [3.8, 4) is 5.75 Å². The molecule has 1 aromatic rings. The molecule has 3 heteroatoms. The summed E-state index contributed by atoms with van der Waals surface area (Å²) in [5, 5.41) is 0. The molecule has 1 unspecified atom stereocenters. The Morgan fingerprint density at radius 1 is 1.44 bits per heavy atom. The number of nitrogens with zero attached hydrogens (tertiary/aromatic N) is 1. The van der Waals surface area contributed by atoms with Crippen LogP contribution in [0.15, 0.2) is 24.3 Å². The number of nitrogens with two attached hydrogens (primary N) is 1. The average Bonchev–Trinajstić information content (AvgIpc) is 3.22. The minimum Gasteiger partial charge on any atom is -0.494 e. The van der Waals surface area contributed by atoms with Crippen LogP contribution in [0, 0.1) is 0 Å². The SMILES string of the molecule is CCCOc1cccc(C(CN)N(C)C2CC2)c1. The molecule has 0 aliphatic heterocycles. The Balaban J connectivity index is 2.09. The van der Waals surface area contributed by atoms with Gasteiger partial charge in [-0.3, -0.25) is 4.90 Å². The highest BCUT2D eigenvalue weighted by atomic mass is 16.5. The van der Waals surface area contributed by atoms with Crippen LogP contribution in [0.25, 0.3) is 0 Å². The van der Waals surface area contributed by atoms with Gasteiger partial charge in [0.25, 0.3) is 0 Å². The van der Waals surface area contributed by atoms with E-state index >= 15 is 0 Å². The van der Waals surface area contributed by atoms with Gasteiger partial charge in [0.2, 0.25) is 0 Å². The topological polar surface area (TPSA) is 38.5 Å². The molecule has 100 valence electrons. The number of hydrogen-bond acceptors (Lipinski definition) is 3. The molecule has 0 spiro atoms. The van der Waals surface area contributed by atoms with Gasteiger partial charge in [0.1, 0.15) is 5.75 Å². The fourth-order valence-corrected chi connectivity index (χ4v) is 2.31. The van der Waals surface area contributed by atoms with Crippen LogP contribution in [0.5, 0.6) is 5.75 Å². The van der Waals surface area contributed by atoms with E-state index in [1.165, 1.54) is 18.4 Å². The number of hydrogen-bond donors (Lipinski definition) is 1. The standard InChI is InChI=1S/C15H24N2O/c1-3-9-18-14-6-4-5-12(10-14)15(11-16)17(2)13-7-8-13/h4-6,10,13,15H,3,7-9,11,16H2,1-2H3. The maximum Gasteiger partial charge on any atom is 0.119 e. The van der Waals surface area contributed by atoms with E-state index in [0.29, 0.717) is 12.6 Å². The van der Waals surface area contributed by atoms with Crippen LogP contribution in [0.3, 0.4) is 0 Å². The van der Waals surface area contributed by atoms with Gasteiger partial charge in [-0.2, -0.15) is 0 Å². The lowest BCUT2D eigenvalue weighted by molar-refractivity contribution is 0.239. The lowest BCUT2D eigenvalue weighted by Gasteiger charge is -2.27. The minimum atomic E-state index is 0.308. The van der Waals surface area contributed by atoms with E-state index in [-0.39, 0.29) is 0 Å². The van der Waals surface area contributed by atoms with Crippen molar-refractivity contribution in [3.05, 3.63) is 29.8 Å².